The summed E-state index contributed by atoms with van der Waals surface area (Å²) < 4.78 is 14.2. The van der Waals surface area contributed by atoms with Gasteiger partial charge in [0, 0.05) is 6.21 Å². The van der Waals surface area contributed by atoms with Gasteiger partial charge in [0.25, 0.3) is 5.56 Å². The van der Waals surface area contributed by atoms with Crippen LogP contribution in [0.5, 0.6) is 5.88 Å². The van der Waals surface area contributed by atoms with Crippen molar-refractivity contribution in [2.24, 2.45) is 4.99 Å². The number of aromatic hydroxyl groups is 1. The van der Waals surface area contributed by atoms with E-state index in [1.807, 2.05) is 13.8 Å². The van der Waals surface area contributed by atoms with Gasteiger partial charge in [-0.2, -0.15) is 0 Å². The second-order valence-corrected chi connectivity index (χ2v) is 6.36. The van der Waals surface area contributed by atoms with E-state index in [2.05, 4.69) is 9.98 Å². The van der Waals surface area contributed by atoms with Crippen LogP contribution in [-0.2, 0) is 0 Å². The Bertz CT molecular complexity index is 1180. The van der Waals surface area contributed by atoms with Crippen LogP contribution in [0.15, 0.2) is 51.0 Å². The van der Waals surface area contributed by atoms with Crippen molar-refractivity contribution < 1.29 is 9.50 Å². The number of aromatic nitrogens is 2. The minimum Gasteiger partial charge on any atom is -0.493 e. The first-order valence-electron chi connectivity index (χ1n) is 7.93. The first-order chi connectivity index (χ1) is 12.8. The zero-order valence-electron chi connectivity index (χ0n) is 14.5. The highest BCUT2D eigenvalue weighted by Crippen LogP contribution is 2.22. The van der Waals surface area contributed by atoms with Gasteiger partial charge in [0.1, 0.15) is 11.4 Å². The minimum absolute atomic E-state index is 0.122. The van der Waals surface area contributed by atoms with Crippen molar-refractivity contribution in [3.05, 3.63) is 84.8 Å². The molecule has 0 amide bonds. The summed E-state index contributed by atoms with van der Waals surface area (Å²) in [5, 5.41) is 10.4. The first kappa shape index (κ1) is 18.6. The van der Waals surface area contributed by atoms with Crippen molar-refractivity contribution in [1.29, 1.82) is 0 Å². The van der Waals surface area contributed by atoms with Crippen LogP contribution in [0.4, 0.5) is 10.1 Å². The van der Waals surface area contributed by atoms with E-state index in [1.165, 1.54) is 12.1 Å². The summed E-state index contributed by atoms with van der Waals surface area (Å²) in [7, 11) is 0. The van der Waals surface area contributed by atoms with Gasteiger partial charge in [-0.3, -0.25) is 14.8 Å². The van der Waals surface area contributed by atoms with Crippen molar-refractivity contribution in [3.63, 3.8) is 0 Å². The molecule has 1 heterocycles. The Labute approximate surface area is 158 Å². The molecule has 1 aromatic heterocycles. The number of rotatable bonds is 3. The molecular formula is C19H15ClFN3O3. The Morgan fingerprint density at radius 1 is 1.15 bits per heavy atom. The molecule has 0 fully saturated rings. The summed E-state index contributed by atoms with van der Waals surface area (Å²) in [6.45, 7) is 3.79. The lowest BCUT2D eigenvalue weighted by molar-refractivity contribution is 0.430. The van der Waals surface area contributed by atoms with Gasteiger partial charge in [-0.05, 0) is 55.3 Å². The average molecular weight is 388 g/mol. The summed E-state index contributed by atoms with van der Waals surface area (Å²) in [5.41, 5.74) is 0.831. The van der Waals surface area contributed by atoms with Crippen LogP contribution in [0.2, 0.25) is 5.02 Å². The molecule has 0 aliphatic heterocycles. The standard InChI is InChI=1S/C19H15ClFN3O3/c1-10-3-5-13(7-11(10)2)24-18(26)14(17(25)23-19(24)27)9-22-12-4-6-16(21)15(20)8-12/h3-9,26H,1-2H3,(H,23,25,27). The third-order valence-corrected chi connectivity index (χ3v) is 4.41. The molecule has 0 aliphatic rings. The molecular weight excluding hydrogens is 373 g/mol. The zero-order valence-corrected chi connectivity index (χ0v) is 15.2. The SMILES string of the molecule is Cc1ccc(-n2c(O)c(C=Nc3ccc(F)c(Cl)c3)c(=O)[nH]c2=O)cc1C. The maximum Gasteiger partial charge on any atom is 0.335 e. The summed E-state index contributed by atoms with van der Waals surface area (Å²) in [6.07, 6.45) is 1.09. The van der Waals surface area contributed by atoms with Gasteiger partial charge in [-0.1, -0.05) is 17.7 Å². The van der Waals surface area contributed by atoms with E-state index in [4.69, 9.17) is 11.6 Å². The second kappa shape index (κ2) is 7.20. The highest BCUT2D eigenvalue weighted by molar-refractivity contribution is 6.31. The number of hydrogen-bond acceptors (Lipinski definition) is 4. The van der Waals surface area contributed by atoms with Crippen molar-refractivity contribution in [3.8, 4) is 11.6 Å². The van der Waals surface area contributed by atoms with E-state index in [1.54, 1.807) is 18.2 Å². The highest BCUT2D eigenvalue weighted by atomic mass is 35.5. The van der Waals surface area contributed by atoms with Crippen LogP contribution < -0.4 is 11.2 Å². The van der Waals surface area contributed by atoms with Crippen LogP contribution in [0.3, 0.4) is 0 Å². The summed E-state index contributed by atoms with van der Waals surface area (Å²) in [6, 6.07) is 8.95. The fourth-order valence-electron chi connectivity index (χ4n) is 2.46. The van der Waals surface area contributed by atoms with Gasteiger partial charge < -0.3 is 5.11 Å². The summed E-state index contributed by atoms with van der Waals surface area (Å²) in [5.74, 6) is -1.15. The van der Waals surface area contributed by atoms with Gasteiger partial charge in [0.05, 0.1) is 16.4 Å². The number of aromatic amines is 1. The molecule has 0 spiro atoms. The molecule has 6 nitrogen and oxygen atoms in total. The number of benzene rings is 2. The van der Waals surface area contributed by atoms with Crippen LogP contribution in [0, 0.1) is 19.7 Å². The molecule has 3 aromatic rings. The Kier molecular flexibility index (Phi) is 4.96. The van der Waals surface area contributed by atoms with Gasteiger partial charge in [-0.25, -0.2) is 13.8 Å². The predicted molar refractivity (Wildman–Crippen MR) is 102 cm³/mol. The molecule has 27 heavy (non-hydrogen) atoms. The van der Waals surface area contributed by atoms with Crippen LogP contribution in [0.25, 0.3) is 5.69 Å². The van der Waals surface area contributed by atoms with Gasteiger partial charge in [0.15, 0.2) is 0 Å². The fraction of sp³-hybridized carbons (Fsp3) is 0.105. The third kappa shape index (κ3) is 3.68. The smallest absolute Gasteiger partial charge is 0.335 e. The molecule has 2 aromatic carbocycles. The first-order valence-corrected chi connectivity index (χ1v) is 8.31. The number of hydrogen-bond donors (Lipinski definition) is 2. The minimum atomic E-state index is -0.797. The van der Waals surface area contributed by atoms with Gasteiger partial charge in [0.2, 0.25) is 5.88 Å². The van der Waals surface area contributed by atoms with E-state index in [9.17, 15) is 19.1 Å². The third-order valence-electron chi connectivity index (χ3n) is 4.12. The van der Waals surface area contributed by atoms with Crippen molar-refractivity contribution in [1.82, 2.24) is 9.55 Å². The van der Waals surface area contributed by atoms with E-state index in [0.29, 0.717) is 5.69 Å². The number of aryl methyl sites for hydroxylation is 2. The lowest BCUT2D eigenvalue weighted by Crippen LogP contribution is -2.31. The number of halogens is 2. The molecule has 2 N–H and O–H groups in total. The quantitative estimate of drug-likeness (QED) is 0.675. The maximum absolute atomic E-state index is 13.2. The largest absolute Gasteiger partial charge is 0.493 e. The lowest BCUT2D eigenvalue weighted by Gasteiger charge is -2.11. The number of aliphatic imine (C=N–C) groups is 1. The molecule has 0 bridgehead atoms. The Morgan fingerprint density at radius 2 is 1.89 bits per heavy atom. The lowest BCUT2D eigenvalue weighted by atomic mass is 10.1. The number of nitrogens with zero attached hydrogens (tertiary/aromatic N) is 2. The second-order valence-electron chi connectivity index (χ2n) is 5.96. The molecule has 8 heteroatoms. The number of nitrogens with one attached hydrogen (secondary N) is 1. The van der Waals surface area contributed by atoms with Gasteiger partial charge >= 0.3 is 5.69 Å². The topological polar surface area (TPSA) is 87.4 Å². The predicted octanol–water partition coefficient (Wildman–Crippen LogP) is 3.39. The Balaban J connectivity index is 2.12. The molecule has 0 atom stereocenters. The van der Waals surface area contributed by atoms with Crippen molar-refractivity contribution >= 4 is 23.5 Å². The fourth-order valence-corrected chi connectivity index (χ4v) is 2.64. The monoisotopic (exact) mass is 387 g/mol. The van der Waals surface area contributed by atoms with Crippen molar-refractivity contribution in [2.75, 3.05) is 0 Å². The Morgan fingerprint density at radius 3 is 2.56 bits per heavy atom. The molecule has 0 unspecified atom stereocenters. The normalized spacial score (nSPS) is 11.3. The number of H-pyrrole nitrogens is 1. The zero-order chi connectivity index (χ0) is 19.7. The van der Waals surface area contributed by atoms with E-state index in [-0.39, 0.29) is 16.3 Å². The summed E-state index contributed by atoms with van der Waals surface area (Å²) in [4.78, 5) is 30.5. The molecule has 3 rings (SSSR count). The molecule has 138 valence electrons. The molecule has 0 saturated heterocycles. The molecule has 0 saturated carbocycles. The highest BCUT2D eigenvalue weighted by Gasteiger charge is 2.14. The van der Waals surface area contributed by atoms with Crippen LogP contribution >= 0.6 is 11.6 Å². The summed E-state index contributed by atoms with van der Waals surface area (Å²) >= 11 is 5.70. The average Bonchev–Trinajstić information content (AvgIpc) is 2.60. The van der Waals surface area contributed by atoms with E-state index in [0.717, 1.165) is 28.0 Å². The van der Waals surface area contributed by atoms with Crippen molar-refractivity contribution in [2.45, 2.75) is 13.8 Å². The Hall–Kier alpha value is -3.19. The van der Waals surface area contributed by atoms with E-state index >= 15 is 0 Å². The van der Waals surface area contributed by atoms with Crippen LogP contribution in [0.1, 0.15) is 16.7 Å². The maximum atomic E-state index is 13.2. The molecule has 0 radical (unpaired) electrons. The van der Waals surface area contributed by atoms with Crippen LogP contribution in [-0.4, -0.2) is 20.9 Å². The van der Waals surface area contributed by atoms with Gasteiger partial charge in [-0.15, -0.1) is 0 Å². The molecule has 0 aliphatic carbocycles. The van der Waals surface area contributed by atoms with E-state index < -0.39 is 22.9 Å².